The van der Waals surface area contributed by atoms with Crippen LogP contribution in [-0.2, 0) is 6.54 Å². The summed E-state index contributed by atoms with van der Waals surface area (Å²) in [4.78, 5) is 22.1. The van der Waals surface area contributed by atoms with E-state index >= 15 is 0 Å². The van der Waals surface area contributed by atoms with Gasteiger partial charge in [-0.15, -0.1) is 5.10 Å². The standard InChI is InChI=1S/C27H26FN11O/c1-17-31-16-23(40-17)18-5-6-20(28)22(14-18)37-11-8-36(9-12-37)10-13-38-25-19(15-32-38)26-33-24(21-4-2-3-7-30-21)35-39(26)27(29)34-25/h2-7,14-16H,8-13H2,1H3,(H2,29,34). The van der Waals surface area contributed by atoms with Gasteiger partial charge in [-0.2, -0.15) is 14.6 Å². The first kappa shape index (κ1) is 24.2. The van der Waals surface area contributed by atoms with E-state index in [1.165, 1.54) is 10.6 Å². The smallest absolute Gasteiger partial charge is 0.225 e. The number of nitrogen functional groups attached to an aromatic ring is 1. The lowest BCUT2D eigenvalue weighted by Crippen LogP contribution is -2.47. The van der Waals surface area contributed by atoms with Gasteiger partial charge in [-0.05, 0) is 30.3 Å². The van der Waals surface area contributed by atoms with Crippen molar-refractivity contribution in [3.05, 3.63) is 66.7 Å². The summed E-state index contributed by atoms with van der Waals surface area (Å²) in [6.45, 7) is 6.18. The Balaban J connectivity index is 1.04. The quantitative estimate of drug-likeness (QED) is 0.337. The van der Waals surface area contributed by atoms with E-state index in [1.54, 1.807) is 31.6 Å². The molecule has 6 aromatic rings. The molecule has 7 rings (SSSR count). The van der Waals surface area contributed by atoms with Gasteiger partial charge >= 0.3 is 0 Å². The van der Waals surface area contributed by atoms with Crippen LogP contribution in [0.3, 0.4) is 0 Å². The number of rotatable bonds is 6. The third-order valence-corrected chi connectivity index (χ3v) is 7.18. The van der Waals surface area contributed by atoms with Crippen molar-refractivity contribution in [3.63, 3.8) is 0 Å². The van der Waals surface area contributed by atoms with Gasteiger partial charge in [0.15, 0.2) is 22.9 Å². The van der Waals surface area contributed by atoms with Crippen molar-refractivity contribution in [2.45, 2.75) is 13.5 Å². The highest BCUT2D eigenvalue weighted by Gasteiger charge is 2.22. The molecule has 0 bridgehead atoms. The van der Waals surface area contributed by atoms with Gasteiger partial charge in [-0.1, -0.05) is 6.07 Å². The number of anilines is 2. The van der Waals surface area contributed by atoms with Gasteiger partial charge in [0.25, 0.3) is 0 Å². The topological polar surface area (TPSA) is 132 Å². The fourth-order valence-corrected chi connectivity index (χ4v) is 5.08. The zero-order chi connectivity index (χ0) is 27.2. The average Bonchev–Trinajstić information content (AvgIpc) is 3.72. The molecule has 1 aromatic carbocycles. The number of oxazole rings is 1. The molecule has 2 N–H and O–H groups in total. The van der Waals surface area contributed by atoms with Crippen LogP contribution in [0.2, 0.25) is 0 Å². The van der Waals surface area contributed by atoms with Gasteiger partial charge in [0, 0.05) is 51.4 Å². The highest BCUT2D eigenvalue weighted by molar-refractivity contribution is 5.90. The predicted molar refractivity (Wildman–Crippen MR) is 147 cm³/mol. The summed E-state index contributed by atoms with van der Waals surface area (Å²) in [7, 11) is 0. The minimum atomic E-state index is -0.244. The molecule has 0 radical (unpaired) electrons. The molecule has 0 spiro atoms. The number of hydrogen-bond donors (Lipinski definition) is 1. The second-order valence-corrected chi connectivity index (χ2v) is 9.70. The van der Waals surface area contributed by atoms with Crippen LogP contribution in [0.4, 0.5) is 16.0 Å². The molecule has 0 saturated carbocycles. The molecule has 0 unspecified atom stereocenters. The number of benzene rings is 1. The summed E-state index contributed by atoms with van der Waals surface area (Å²) in [5.74, 6) is 1.68. The molecule has 0 atom stereocenters. The predicted octanol–water partition coefficient (Wildman–Crippen LogP) is 3.04. The number of piperazine rings is 1. The number of aromatic nitrogens is 8. The van der Waals surface area contributed by atoms with Crippen LogP contribution >= 0.6 is 0 Å². The first-order chi connectivity index (χ1) is 19.5. The van der Waals surface area contributed by atoms with Crippen LogP contribution < -0.4 is 10.6 Å². The van der Waals surface area contributed by atoms with E-state index in [2.05, 4.69) is 39.9 Å². The third-order valence-electron chi connectivity index (χ3n) is 7.18. The molecule has 40 heavy (non-hydrogen) atoms. The second kappa shape index (κ2) is 9.68. The molecular weight excluding hydrogens is 513 g/mol. The molecule has 12 nitrogen and oxygen atoms in total. The van der Waals surface area contributed by atoms with Crippen LogP contribution in [0, 0.1) is 12.7 Å². The molecular formula is C27H26FN11O. The van der Waals surface area contributed by atoms with Gasteiger partial charge in [-0.3, -0.25) is 9.88 Å². The minimum Gasteiger partial charge on any atom is -0.441 e. The van der Waals surface area contributed by atoms with Gasteiger partial charge < -0.3 is 15.1 Å². The van der Waals surface area contributed by atoms with Crippen molar-refractivity contribution in [2.24, 2.45) is 0 Å². The minimum absolute atomic E-state index is 0.234. The monoisotopic (exact) mass is 539 g/mol. The summed E-state index contributed by atoms with van der Waals surface area (Å²) in [6, 6.07) is 10.6. The molecule has 202 valence electrons. The average molecular weight is 540 g/mol. The number of nitrogens with two attached hydrogens (primary N) is 1. The summed E-state index contributed by atoms with van der Waals surface area (Å²) in [5.41, 5.74) is 9.54. The van der Waals surface area contributed by atoms with Gasteiger partial charge in [0.05, 0.1) is 30.0 Å². The van der Waals surface area contributed by atoms with Crippen molar-refractivity contribution in [2.75, 3.05) is 43.4 Å². The maximum atomic E-state index is 14.8. The molecule has 0 aliphatic carbocycles. The van der Waals surface area contributed by atoms with Gasteiger partial charge in [-0.25, -0.2) is 19.0 Å². The van der Waals surface area contributed by atoms with Crippen LogP contribution in [0.25, 0.3) is 39.5 Å². The SMILES string of the molecule is Cc1ncc(-c2ccc(F)c(N3CCN(CCn4ncc5c4nc(N)n4nc(-c6ccccn6)nc54)CC3)c2)o1. The number of nitrogens with zero attached hydrogens (tertiary/aromatic N) is 10. The Morgan fingerprint density at radius 2 is 1.85 bits per heavy atom. The Morgan fingerprint density at radius 3 is 2.62 bits per heavy atom. The zero-order valence-electron chi connectivity index (χ0n) is 21.8. The fourth-order valence-electron chi connectivity index (χ4n) is 5.08. The first-order valence-corrected chi connectivity index (χ1v) is 13.0. The lowest BCUT2D eigenvalue weighted by Gasteiger charge is -2.36. The van der Waals surface area contributed by atoms with E-state index in [0.29, 0.717) is 59.8 Å². The Kier molecular flexibility index (Phi) is 5.85. The number of fused-ring (bicyclic) bond motifs is 3. The Labute approximate surface area is 227 Å². The van der Waals surface area contributed by atoms with E-state index in [4.69, 9.17) is 10.2 Å². The molecule has 1 saturated heterocycles. The maximum absolute atomic E-state index is 14.8. The van der Waals surface area contributed by atoms with Crippen molar-refractivity contribution in [1.82, 2.24) is 44.2 Å². The van der Waals surface area contributed by atoms with Crippen LogP contribution in [0.1, 0.15) is 5.89 Å². The molecule has 5 aromatic heterocycles. The van der Waals surface area contributed by atoms with Crippen molar-refractivity contribution in [3.8, 4) is 22.8 Å². The third kappa shape index (κ3) is 4.29. The second-order valence-electron chi connectivity index (χ2n) is 9.70. The Bertz CT molecular complexity index is 1820. The number of aryl methyl sites for hydroxylation is 1. The van der Waals surface area contributed by atoms with E-state index in [-0.39, 0.29) is 11.8 Å². The molecule has 13 heteroatoms. The van der Waals surface area contributed by atoms with Crippen LogP contribution in [0.15, 0.2) is 59.4 Å². The summed E-state index contributed by atoms with van der Waals surface area (Å²) >= 11 is 0. The number of pyridine rings is 1. The van der Waals surface area contributed by atoms with Crippen LogP contribution in [-0.4, -0.2) is 77.0 Å². The van der Waals surface area contributed by atoms with Crippen molar-refractivity contribution in [1.29, 1.82) is 0 Å². The van der Waals surface area contributed by atoms with Crippen molar-refractivity contribution < 1.29 is 8.81 Å². The summed E-state index contributed by atoms with van der Waals surface area (Å²) < 4.78 is 23.7. The molecule has 6 heterocycles. The largest absolute Gasteiger partial charge is 0.441 e. The number of halogens is 1. The first-order valence-electron chi connectivity index (χ1n) is 13.0. The van der Waals surface area contributed by atoms with E-state index in [0.717, 1.165) is 30.6 Å². The molecule has 0 amide bonds. The number of hydrogen-bond acceptors (Lipinski definition) is 10. The van der Waals surface area contributed by atoms with Gasteiger partial charge in [0.1, 0.15) is 11.5 Å². The van der Waals surface area contributed by atoms with Gasteiger partial charge in [0.2, 0.25) is 11.8 Å². The highest BCUT2D eigenvalue weighted by Crippen LogP contribution is 2.29. The maximum Gasteiger partial charge on any atom is 0.225 e. The van der Waals surface area contributed by atoms with Crippen molar-refractivity contribution >= 4 is 28.3 Å². The fraction of sp³-hybridized carbons (Fsp3) is 0.259. The van der Waals surface area contributed by atoms with E-state index in [1.807, 2.05) is 28.9 Å². The Hall–Kier alpha value is -4.91. The molecule has 1 aliphatic heterocycles. The summed E-state index contributed by atoms with van der Waals surface area (Å²) in [5, 5.41) is 9.83. The van der Waals surface area contributed by atoms with E-state index in [9.17, 15) is 4.39 Å². The normalized spacial score (nSPS) is 14.5. The highest BCUT2D eigenvalue weighted by atomic mass is 19.1. The van der Waals surface area contributed by atoms with Crippen LogP contribution in [0.5, 0.6) is 0 Å². The molecule has 1 fully saturated rings. The zero-order valence-corrected chi connectivity index (χ0v) is 21.8. The molecule has 1 aliphatic rings. The Morgan fingerprint density at radius 1 is 0.975 bits per heavy atom. The lowest BCUT2D eigenvalue weighted by atomic mass is 10.1. The van der Waals surface area contributed by atoms with E-state index < -0.39 is 0 Å². The summed E-state index contributed by atoms with van der Waals surface area (Å²) in [6.07, 6.45) is 5.11. The lowest BCUT2D eigenvalue weighted by molar-refractivity contribution is 0.245.